The molecule has 0 atom stereocenters. The minimum absolute atomic E-state index is 0.0738. The second kappa shape index (κ2) is 4.81. The Bertz CT molecular complexity index is 315. The van der Waals surface area contributed by atoms with E-state index in [0.29, 0.717) is 24.3 Å². The SMILES string of the molecule is COc1cc(F)cc(O)c1CCCN. The third-order valence-corrected chi connectivity index (χ3v) is 2.00. The minimum Gasteiger partial charge on any atom is -0.507 e. The van der Waals surface area contributed by atoms with Crippen molar-refractivity contribution in [3.63, 3.8) is 0 Å². The molecule has 0 saturated heterocycles. The number of hydrogen-bond donors (Lipinski definition) is 2. The van der Waals surface area contributed by atoms with Crippen LogP contribution in [0.1, 0.15) is 12.0 Å². The van der Waals surface area contributed by atoms with Gasteiger partial charge in [-0.1, -0.05) is 0 Å². The van der Waals surface area contributed by atoms with E-state index in [1.807, 2.05) is 0 Å². The summed E-state index contributed by atoms with van der Waals surface area (Å²) in [5.74, 6) is -0.206. The molecule has 0 unspecified atom stereocenters. The van der Waals surface area contributed by atoms with Crippen molar-refractivity contribution in [3.8, 4) is 11.5 Å². The van der Waals surface area contributed by atoms with E-state index in [9.17, 15) is 9.50 Å². The number of rotatable bonds is 4. The lowest BCUT2D eigenvalue weighted by atomic mass is 10.1. The maximum absolute atomic E-state index is 12.9. The van der Waals surface area contributed by atoms with Gasteiger partial charge in [0.25, 0.3) is 0 Å². The summed E-state index contributed by atoms with van der Waals surface area (Å²) >= 11 is 0. The van der Waals surface area contributed by atoms with Gasteiger partial charge < -0.3 is 15.6 Å². The van der Waals surface area contributed by atoms with Crippen molar-refractivity contribution in [2.45, 2.75) is 12.8 Å². The van der Waals surface area contributed by atoms with E-state index in [1.54, 1.807) is 0 Å². The Labute approximate surface area is 82.3 Å². The Kier molecular flexibility index (Phi) is 3.71. The monoisotopic (exact) mass is 199 g/mol. The van der Waals surface area contributed by atoms with E-state index in [2.05, 4.69) is 0 Å². The molecule has 78 valence electrons. The average molecular weight is 199 g/mol. The van der Waals surface area contributed by atoms with Crippen LogP contribution >= 0.6 is 0 Å². The summed E-state index contributed by atoms with van der Waals surface area (Å²) in [6.45, 7) is 0.528. The van der Waals surface area contributed by atoms with Crippen molar-refractivity contribution in [1.82, 2.24) is 0 Å². The first kappa shape index (κ1) is 10.8. The number of halogens is 1. The zero-order valence-electron chi connectivity index (χ0n) is 8.09. The van der Waals surface area contributed by atoms with Crippen LogP contribution < -0.4 is 10.5 Å². The second-order valence-electron chi connectivity index (χ2n) is 3.00. The molecule has 0 spiro atoms. The molecule has 0 saturated carbocycles. The van der Waals surface area contributed by atoms with Gasteiger partial charge in [0.15, 0.2) is 0 Å². The van der Waals surface area contributed by atoms with Crippen molar-refractivity contribution >= 4 is 0 Å². The molecule has 1 aromatic carbocycles. The number of ether oxygens (including phenoxy) is 1. The second-order valence-corrected chi connectivity index (χ2v) is 3.00. The zero-order valence-corrected chi connectivity index (χ0v) is 8.09. The molecule has 0 radical (unpaired) electrons. The topological polar surface area (TPSA) is 55.5 Å². The van der Waals surface area contributed by atoms with Gasteiger partial charge in [-0.25, -0.2) is 4.39 Å². The van der Waals surface area contributed by atoms with Crippen LogP contribution in [0.2, 0.25) is 0 Å². The highest BCUT2D eigenvalue weighted by Crippen LogP contribution is 2.29. The normalized spacial score (nSPS) is 10.2. The van der Waals surface area contributed by atoms with Crippen molar-refractivity contribution in [3.05, 3.63) is 23.5 Å². The van der Waals surface area contributed by atoms with Crippen LogP contribution in [-0.2, 0) is 6.42 Å². The zero-order chi connectivity index (χ0) is 10.6. The lowest BCUT2D eigenvalue weighted by molar-refractivity contribution is 0.393. The van der Waals surface area contributed by atoms with Crippen LogP contribution in [-0.4, -0.2) is 18.8 Å². The van der Waals surface area contributed by atoms with Crippen LogP contribution in [0.15, 0.2) is 12.1 Å². The number of phenolic OH excluding ortho intramolecular Hbond substituents is 1. The van der Waals surface area contributed by atoms with Crippen LogP contribution in [0.5, 0.6) is 11.5 Å². The predicted molar refractivity (Wildman–Crippen MR) is 52.0 cm³/mol. The molecule has 1 rings (SSSR count). The number of aromatic hydroxyl groups is 1. The van der Waals surface area contributed by atoms with E-state index in [1.165, 1.54) is 13.2 Å². The minimum atomic E-state index is -0.504. The highest BCUT2D eigenvalue weighted by Gasteiger charge is 2.10. The fraction of sp³-hybridized carbons (Fsp3) is 0.400. The summed E-state index contributed by atoms with van der Waals surface area (Å²) in [6, 6.07) is 2.33. The molecule has 0 amide bonds. The molecule has 1 aromatic rings. The van der Waals surface area contributed by atoms with Crippen LogP contribution in [0.4, 0.5) is 4.39 Å². The largest absolute Gasteiger partial charge is 0.507 e. The van der Waals surface area contributed by atoms with E-state index in [0.717, 1.165) is 12.5 Å². The smallest absolute Gasteiger partial charge is 0.130 e. The van der Waals surface area contributed by atoms with Crippen LogP contribution in [0, 0.1) is 5.82 Å². The molecule has 0 heterocycles. The molecule has 0 bridgehead atoms. The fourth-order valence-corrected chi connectivity index (χ4v) is 1.31. The molecule has 3 N–H and O–H groups in total. The van der Waals surface area contributed by atoms with E-state index in [4.69, 9.17) is 10.5 Å². The van der Waals surface area contributed by atoms with Crippen molar-refractivity contribution in [2.75, 3.05) is 13.7 Å². The first-order valence-electron chi connectivity index (χ1n) is 4.44. The molecule has 0 aromatic heterocycles. The number of phenols is 1. The van der Waals surface area contributed by atoms with Gasteiger partial charge >= 0.3 is 0 Å². The Morgan fingerprint density at radius 1 is 1.50 bits per heavy atom. The lowest BCUT2D eigenvalue weighted by Gasteiger charge is -2.09. The molecule has 3 nitrogen and oxygen atoms in total. The Hall–Kier alpha value is -1.29. The van der Waals surface area contributed by atoms with Crippen molar-refractivity contribution in [1.29, 1.82) is 0 Å². The van der Waals surface area contributed by atoms with E-state index in [-0.39, 0.29) is 5.75 Å². The molecular formula is C10H14FNO2. The summed E-state index contributed by atoms with van der Waals surface area (Å²) < 4.78 is 17.8. The standard InChI is InChI=1S/C10H14FNO2/c1-14-10-6-7(11)5-9(13)8(10)3-2-4-12/h5-6,13H,2-4,12H2,1H3. The Morgan fingerprint density at radius 2 is 2.21 bits per heavy atom. The van der Waals surface area contributed by atoms with Crippen molar-refractivity contribution in [2.24, 2.45) is 5.73 Å². The summed E-state index contributed by atoms with van der Waals surface area (Å²) in [4.78, 5) is 0. The van der Waals surface area contributed by atoms with Crippen LogP contribution in [0.3, 0.4) is 0 Å². The van der Waals surface area contributed by atoms with Crippen LogP contribution in [0.25, 0.3) is 0 Å². The van der Waals surface area contributed by atoms with Gasteiger partial charge in [0.05, 0.1) is 7.11 Å². The quantitative estimate of drug-likeness (QED) is 0.771. The first-order chi connectivity index (χ1) is 6.69. The molecule has 4 heteroatoms. The molecule has 0 aliphatic rings. The van der Waals surface area contributed by atoms with Gasteiger partial charge in [0.1, 0.15) is 17.3 Å². The third kappa shape index (κ3) is 2.35. The number of hydrogen-bond acceptors (Lipinski definition) is 3. The summed E-state index contributed by atoms with van der Waals surface area (Å²) in [7, 11) is 1.44. The Morgan fingerprint density at radius 3 is 2.79 bits per heavy atom. The number of benzene rings is 1. The van der Waals surface area contributed by atoms with E-state index >= 15 is 0 Å². The third-order valence-electron chi connectivity index (χ3n) is 2.00. The highest BCUT2D eigenvalue weighted by molar-refractivity contribution is 5.44. The highest BCUT2D eigenvalue weighted by atomic mass is 19.1. The van der Waals surface area contributed by atoms with Crippen molar-refractivity contribution < 1.29 is 14.2 Å². The van der Waals surface area contributed by atoms with Gasteiger partial charge in [-0.05, 0) is 19.4 Å². The first-order valence-corrected chi connectivity index (χ1v) is 4.44. The molecule has 0 aliphatic carbocycles. The maximum Gasteiger partial charge on any atom is 0.130 e. The molecule has 0 aliphatic heterocycles. The van der Waals surface area contributed by atoms with Gasteiger partial charge in [0, 0.05) is 17.7 Å². The molecule has 14 heavy (non-hydrogen) atoms. The Balaban J connectivity index is 2.99. The fourth-order valence-electron chi connectivity index (χ4n) is 1.31. The summed E-state index contributed by atoms with van der Waals surface area (Å²) in [5, 5.41) is 9.47. The molecular weight excluding hydrogens is 185 g/mol. The van der Waals surface area contributed by atoms with Gasteiger partial charge in [-0.2, -0.15) is 0 Å². The van der Waals surface area contributed by atoms with Gasteiger partial charge in [0.2, 0.25) is 0 Å². The molecule has 0 fully saturated rings. The average Bonchev–Trinajstić information content (AvgIpc) is 2.15. The van der Waals surface area contributed by atoms with Gasteiger partial charge in [-0.3, -0.25) is 0 Å². The summed E-state index contributed by atoms with van der Waals surface area (Å²) in [6.07, 6.45) is 1.32. The number of nitrogens with two attached hydrogens (primary N) is 1. The lowest BCUT2D eigenvalue weighted by Crippen LogP contribution is -2.02. The predicted octanol–water partition coefficient (Wildman–Crippen LogP) is 1.43. The number of methoxy groups -OCH3 is 1. The van der Waals surface area contributed by atoms with Gasteiger partial charge in [-0.15, -0.1) is 0 Å². The summed E-state index contributed by atoms with van der Waals surface area (Å²) in [5.41, 5.74) is 5.96. The van der Waals surface area contributed by atoms with E-state index < -0.39 is 5.82 Å². The maximum atomic E-state index is 12.9.